The second kappa shape index (κ2) is 5.17. The summed E-state index contributed by atoms with van der Waals surface area (Å²) in [6.45, 7) is 2.49. The van der Waals surface area contributed by atoms with E-state index in [0.717, 1.165) is 24.2 Å². The zero-order valence-electron chi connectivity index (χ0n) is 10.4. The maximum Gasteiger partial charge on any atom is 0.124 e. The Balaban J connectivity index is 2.08. The molecular weight excluding hydrogens is 248 g/mol. The highest BCUT2D eigenvalue weighted by atomic mass is 35.5. The van der Waals surface area contributed by atoms with Gasteiger partial charge < -0.3 is 10.5 Å². The zero-order chi connectivity index (χ0) is 13.2. The summed E-state index contributed by atoms with van der Waals surface area (Å²) in [7, 11) is 0. The van der Waals surface area contributed by atoms with Crippen LogP contribution in [-0.4, -0.2) is 6.61 Å². The molecule has 1 fully saturated rings. The average molecular weight is 265 g/mol. The molecule has 0 aliphatic heterocycles. The van der Waals surface area contributed by atoms with E-state index in [4.69, 9.17) is 27.3 Å². The SMILES string of the molecule is CC(N)c1cc(Cl)ccc1OCC1(CC#N)CC1. The van der Waals surface area contributed by atoms with Crippen molar-refractivity contribution in [3.05, 3.63) is 28.8 Å². The number of hydrogen-bond acceptors (Lipinski definition) is 3. The molecule has 2 N–H and O–H groups in total. The summed E-state index contributed by atoms with van der Waals surface area (Å²) in [5.74, 6) is 0.776. The van der Waals surface area contributed by atoms with E-state index in [-0.39, 0.29) is 11.5 Å². The Hall–Kier alpha value is -1.24. The second-order valence-electron chi connectivity index (χ2n) is 5.09. The number of nitrogens with two attached hydrogens (primary N) is 1. The lowest BCUT2D eigenvalue weighted by Crippen LogP contribution is -2.15. The van der Waals surface area contributed by atoms with Crippen LogP contribution in [0.2, 0.25) is 5.02 Å². The molecule has 1 unspecified atom stereocenters. The first-order valence-electron chi connectivity index (χ1n) is 6.11. The Labute approximate surface area is 112 Å². The van der Waals surface area contributed by atoms with Crippen LogP contribution in [0.3, 0.4) is 0 Å². The lowest BCUT2D eigenvalue weighted by Gasteiger charge is -2.17. The highest BCUT2D eigenvalue weighted by Crippen LogP contribution is 2.49. The van der Waals surface area contributed by atoms with E-state index in [2.05, 4.69) is 6.07 Å². The molecule has 1 aromatic rings. The largest absolute Gasteiger partial charge is 0.493 e. The van der Waals surface area contributed by atoms with Crippen molar-refractivity contribution in [3.63, 3.8) is 0 Å². The van der Waals surface area contributed by atoms with Gasteiger partial charge in [-0.1, -0.05) is 11.6 Å². The predicted molar refractivity (Wildman–Crippen MR) is 71.4 cm³/mol. The minimum Gasteiger partial charge on any atom is -0.493 e. The molecule has 0 spiro atoms. The van der Waals surface area contributed by atoms with Gasteiger partial charge in [-0.2, -0.15) is 5.26 Å². The van der Waals surface area contributed by atoms with Gasteiger partial charge in [0.25, 0.3) is 0 Å². The summed E-state index contributed by atoms with van der Waals surface area (Å²) >= 11 is 5.96. The Kier molecular flexibility index (Phi) is 3.79. The van der Waals surface area contributed by atoms with Gasteiger partial charge in [-0.3, -0.25) is 0 Å². The number of nitriles is 1. The van der Waals surface area contributed by atoms with Gasteiger partial charge in [-0.25, -0.2) is 0 Å². The fourth-order valence-electron chi connectivity index (χ4n) is 1.95. The smallest absolute Gasteiger partial charge is 0.124 e. The summed E-state index contributed by atoms with van der Waals surface area (Å²) in [5, 5.41) is 9.44. The lowest BCUT2D eigenvalue weighted by molar-refractivity contribution is 0.234. The van der Waals surface area contributed by atoms with Gasteiger partial charge in [0.1, 0.15) is 5.75 Å². The standard InChI is InChI=1S/C14H17ClN2O/c1-10(17)12-8-11(15)2-3-13(12)18-9-14(4-5-14)6-7-16/h2-3,8,10H,4-6,9,17H2,1H3. The van der Waals surface area contributed by atoms with Crippen LogP contribution in [0.15, 0.2) is 18.2 Å². The van der Waals surface area contributed by atoms with Gasteiger partial charge in [0, 0.05) is 28.5 Å². The van der Waals surface area contributed by atoms with Gasteiger partial charge in [0.15, 0.2) is 0 Å². The highest BCUT2D eigenvalue weighted by molar-refractivity contribution is 6.30. The van der Waals surface area contributed by atoms with Gasteiger partial charge in [0.05, 0.1) is 12.7 Å². The number of benzene rings is 1. The number of ether oxygens (including phenoxy) is 1. The molecule has 4 heteroatoms. The Morgan fingerprint density at radius 3 is 2.83 bits per heavy atom. The molecule has 1 atom stereocenters. The molecule has 0 saturated heterocycles. The van der Waals surface area contributed by atoms with Crippen molar-refractivity contribution in [3.8, 4) is 11.8 Å². The molecule has 0 amide bonds. The van der Waals surface area contributed by atoms with E-state index < -0.39 is 0 Å². The number of hydrogen-bond donors (Lipinski definition) is 1. The van der Waals surface area contributed by atoms with Crippen LogP contribution in [0.5, 0.6) is 5.75 Å². The molecule has 18 heavy (non-hydrogen) atoms. The Bertz CT molecular complexity index is 475. The number of rotatable bonds is 5. The molecule has 3 nitrogen and oxygen atoms in total. The van der Waals surface area contributed by atoms with Gasteiger partial charge >= 0.3 is 0 Å². The predicted octanol–water partition coefficient (Wildman–Crippen LogP) is 3.43. The Morgan fingerprint density at radius 2 is 2.28 bits per heavy atom. The van der Waals surface area contributed by atoms with E-state index in [1.807, 2.05) is 19.1 Å². The second-order valence-corrected chi connectivity index (χ2v) is 5.53. The topological polar surface area (TPSA) is 59.0 Å². The fourth-order valence-corrected chi connectivity index (χ4v) is 2.13. The molecule has 2 rings (SSSR count). The summed E-state index contributed by atoms with van der Waals surface area (Å²) in [6, 6.07) is 7.59. The van der Waals surface area contributed by atoms with Crippen molar-refractivity contribution in [2.45, 2.75) is 32.2 Å². The van der Waals surface area contributed by atoms with Crippen LogP contribution >= 0.6 is 11.6 Å². The van der Waals surface area contributed by atoms with Crippen molar-refractivity contribution >= 4 is 11.6 Å². The van der Waals surface area contributed by atoms with Crippen molar-refractivity contribution in [2.24, 2.45) is 11.1 Å². The van der Waals surface area contributed by atoms with E-state index in [1.54, 1.807) is 6.07 Å². The number of halogens is 1. The quantitative estimate of drug-likeness (QED) is 0.886. The van der Waals surface area contributed by atoms with E-state index in [1.165, 1.54) is 0 Å². The van der Waals surface area contributed by atoms with Crippen molar-refractivity contribution in [2.75, 3.05) is 6.61 Å². The van der Waals surface area contributed by atoms with Gasteiger partial charge in [-0.15, -0.1) is 0 Å². The first-order chi connectivity index (χ1) is 8.56. The van der Waals surface area contributed by atoms with Crippen molar-refractivity contribution < 1.29 is 4.74 Å². The molecule has 1 aromatic carbocycles. The van der Waals surface area contributed by atoms with Crippen molar-refractivity contribution in [1.82, 2.24) is 0 Å². The molecule has 1 aliphatic rings. The van der Waals surface area contributed by atoms with E-state index >= 15 is 0 Å². The molecule has 0 heterocycles. The summed E-state index contributed by atoms with van der Waals surface area (Å²) in [4.78, 5) is 0. The molecular formula is C14H17ClN2O. The molecule has 96 valence electrons. The molecule has 0 radical (unpaired) electrons. The fraction of sp³-hybridized carbons (Fsp3) is 0.500. The first kappa shape index (κ1) is 13.2. The highest BCUT2D eigenvalue weighted by Gasteiger charge is 2.43. The summed E-state index contributed by atoms with van der Waals surface area (Å²) in [5.41, 5.74) is 6.89. The van der Waals surface area contributed by atoms with Crippen LogP contribution in [0.1, 0.15) is 37.8 Å². The first-order valence-corrected chi connectivity index (χ1v) is 6.49. The van der Waals surface area contributed by atoms with Crippen LogP contribution < -0.4 is 10.5 Å². The maximum absolute atomic E-state index is 8.78. The average Bonchev–Trinajstić information content (AvgIpc) is 3.08. The van der Waals surface area contributed by atoms with E-state index in [9.17, 15) is 0 Å². The lowest BCUT2D eigenvalue weighted by atomic mass is 10.0. The summed E-state index contributed by atoms with van der Waals surface area (Å²) < 4.78 is 5.84. The van der Waals surface area contributed by atoms with Crippen LogP contribution in [0.25, 0.3) is 0 Å². The van der Waals surface area contributed by atoms with Crippen molar-refractivity contribution in [1.29, 1.82) is 5.26 Å². The summed E-state index contributed by atoms with van der Waals surface area (Å²) in [6.07, 6.45) is 2.71. The molecule has 1 saturated carbocycles. The van der Waals surface area contributed by atoms with Crippen LogP contribution in [0, 0.1) is 16.7 Å². The zero-order valence-corrected chi connectivity index (χ0v) is 11.2. The third-order valence-electron chi connectivity index (χ3n) is 3.41. The maximum atomic E-state index is 8.78. The van der Waals surface area contributed by atoms with Crippen LogP contribution in [-0.2, 0) is 0 Å². The molecule has 1 aliphatic carbocycles. The Morgan fingerprint density at radius 1 is 1.56 bits per heavy atom. The molecule has 0 bridgehead atoms. The normalized spacial score (nSPS) is 17.9. The monoisotopic (exact) mass is 264 g/mol. The minimum atomic E-state index is -0.121. The minimum absolute atomic E-state index is 0.0729. The third-order valence-corrected chi connectivity index (χ3v) is 3.64. The van der Waals surface area contributed by atoms with Gasteiger partial charge in [-0.05, 0) is 38.0 Å². The van der Waals surface area contributed by atoms with E-state index in [0.29, 0.717) is 18.1 Å². The third kappa shape index (κ3) is 2.95. The van der Waals surface area contributed by atoms with Crippen LogP contribution in [0.4, 0.5) is 0 Å². The number of nitrogens with zero attached hydrogens (tertiary/aromatic N) is 1. The molecule has 0 aromatic heterocycles. The van der Waals surface area contributed by atoms with Gasteiger partial charge in [0.2, 0.25) is 0 Å².